The van der Waals surface area contributed by atoms with Gasteiger partial charge in [-0.25, -0.2) is 0 Å². The molecule has 0 radical (unpaired) electrons. The topological polar surface area (TPSA) is 47.6 Å². The van der Waals surface area contributed by atoms with Gasteiger partial charge in [0.2, 0.25) is 0 Å². The number of carbonyl (C=O) groups excluding carboxylic acids is 1. The first-order valence-electron chi connectivity index (χ1n) is 9.33. The molecule has 0 saturated carbocycles. The summed E-state index contributed by atoms with van der Waals surface area (Å²) in [7, 11) is 0. The minimum absolute atomic E-state index is 0.0614. The van der Waals surface area contributed by atoms with Crippen LogP contribution in [0.25, 0.3) is 12.2 Å². The maximum absolute atomic E-state index is 13.0. The molecule has 140 valence electrons. The van der Waals surface area contributed by atoms with Crippen LogP contribution in [0.1, 0.15) is 25.0 Å². The second kappa shape index (κ2) is 9.19. The Kier molecular flexibility index (Phi) is 6.44. The van der Waals surface area contributed by atoms with Crippen molar-refractivity contribution in [3.8, 4) is 11.5 Å². The Morgan fingerprint density at radius 1 is 0.815 bits per heavy atom. The third-order valence-electron chi connectivity index (χ3n) is 4.31. The largest absolute Gasteiger partial charge is 0.493 e. The standard InChI is InChI=1S/C23H25NO3/c1-3-26-21-11-7-5-9-17(21)13-19-15-24-16-20(23(19)25)14-18-10-6-8-12-22(18)27-4-2/h5-14,24H,3-4,15-16H2,1-2H3/b19-13+,20-14+. The van der Waals surface area contributed by atoms with E-state index >= 15 is 0 Å². The Morgan fingerprint density at radius 3 is 1.70 bits per heavy atom. The fourth-order valence-corrected chi connectivity index (χ4v) is 3.08. The number of para-hydroxylation sites is 2. The molecule has 2 aromatic rings. The summed E-state index contributed by atoms with van der Waals surface area (Å²) in [5, 5.41) is 3.32. The van der Waals surface area contributed by atoms with Gasteiger partial charge in [-0.15, -0.1) is 0 Å². The van der Waals surface area contributed by atoms with Crippen LogP contribution in [0, 0.1) is 0 Å². The number of hydrogen-bond donors (Lipinski definition) is 1. The lowest BCUT2D eigenvalue weighted by Crippen LogP contribution is -2.32. The van der Waals surface area contributed by atoms with Crippen molar-refractivity contribution in [2.75, 3.05) is 26.3 Å². The molecule has 4 heteroatoms. The van der Waals surface area contributed by atoms with Gasteiger partial charge in [-0.2, -0.15) is 0 Å². The van der Waals surface area contributed by atoms with Gasteiger partial charge >= 0.3 is 0 Å². The van der Waals surface area contributed by atoms with Crippen LogP contribution >= 0.6 is 0 Å². The van der Waals surface area contributed by atoms with E-state index in [2.05, 4.69) is 5.32 Å². The smallest absolute Gasteiger partial charge is 0.187 e. The number of ketones is 1. The van der Waals surface area contributed by atoms with E-state index in [1.54, 1.807) is 0 Å². The number of rotatable bonds is 6. The zero-order chi connectivity index (χ0) is 19.1. The molecular formula is C23H25NO3. The van der Waals surface area contributed by atoms with E-state index in [1.807, 2.05) is 74.5 Å². The molecule has 2 aromatic carbocycles. The lowest BCUT2D eigenvalue weighted by atomic mass is 9.95. The van der Waals surface area contributed by atoms with E-state index in [4.69, 9.17) is 9.47 Å². The number of carbonyl (C=O) groups is 1. The van der Waals surface area contributed by atoms with E-state index in [9.17, 15) is 4.79 Å². The highest BCUT2D eigenvalue weighted by molar-refractivity contribution is 6.14. The normalized spacial score (nSPS) is 17.3. The molecule has 0 amide bonds. The zero-order valence-corrected chi connectivity index (χ0v) is 15.8. The van der Waals surface area contributed by atoms with Crippen LogP contribution in [-0.4, -0.2) is 32.1 Å². The van der Waals surface area contributed by atoms with Gasteiger partial charge in [0.25, 0.3) is 0 Å². The summed E-state index contributed by atoms with van der Waals surface area (Å²) in [5.41, 5.74) is 3.29. The van der Waals surface area contributed by atoms with Crippen molar-refractivity contribution in [1.82, 2.24) is 5.32 Å². The first kappa shape index (κ1) is 18.9. The molecule has 3 rings (SSSR count). The van der Waals surface area contributed by atoms with Crippen molar-refractivity contribution >= 4 is 17.9 Å². The average Bonchev–Trinajstić information content (AvgIpc) is 2.68. The van der Waals surface area contributed by atoms with E-state index < -0.39 is 0 Å². The summed E-state index contributed by atoms with van der Waals surface area (Å²) in [4.78, 5) is 13.0. The predicted octanol–water partition coefficient (Wildman–Crippen LogP) is 4.12. The van der Waals surface area contributed by atoms with Crippen LogP contribution < -0.4 is 14.8 Å². The molecule has 0 aromatic heterocycles. The average molecular weight is 363 g/mol. The summed E-state index contributed by atoms with van der Waals surface area (Å²) in [6.45, 7) is 6.17. The molecule has 0 aliphatic carbocycles. The Labute approximate surface area is 160 Å². The highest BCUT2D eigenvalue weighted by atomic mass is 16.5. The van der Waals surface area contributed by atoms with Crippen molar-refractivity contribution < 1.29 is 14.3 Å². The van der Waals surface area contributed by atoms with Crippen molar-refractivity contribution in [3.05, 3.63) is 70.8 Å². The summed E-state index contributed by atoms with van der Waals surface area (Å²) >= 11 is 0. The molecule has 1 saturated heterocycles. The molecule has 1 fully saturated rings. The minimum atomic E-state index is 0.0614. The maximum atomic E-state index is 13.0. The van der Waals surface area contributed by atoms with E-state index in [0.29, 0.717) is 26.3 Å². The maximum Gasteiger partial charge on any atom is 0.187 e. The van der Waals surface area contributed by atoms with Gasteiger partial charge < -0.3 is 14.8 Å². The number of hydrogen-bond acceptors (Lipinski definition) is 4. The van der Waals surface area contributed by atoms with Crippen LogP contribution in [0.5, 0.6) is 11.5 Å². The van der Waals surface area contributed by atoms with Gasteiger partial charge in [0, 0.05) is 35.4 Å². The molecule has 0 bridgehead atoms. The molecule has 1 N–H and O–H groups in total. The monoisotopic (exact) mass is 363 g/mol. The first-order valence-corrected chi connectivity index (χ1v) is 9.33. The fourth-order valence-electron chi connectivity index (χ4n) is 3.08. The summed E-state index contributed by atoms with van der Waals surface area (Å²) in [6.07, 6.45) is 3.84. The SMILES string of the molecule is CCOc1ccccc1/C=C1\CNC/C(=C\c2ccccc2OCC)C1=O. The highest BCUT2D eigenvalue weighted by Gasteiger charge is 2.21. The van der Waals surface area contributed by atoms with E-state index in [0.717, 1.165) is 33.8 Å². The number of nitrogens with one attached hydrogen (secondary N) is 1. The van der Waals surface area contributed by atoms with Crippen molar-refractivity contribution in [2.45, 2.75) is 13.8 Å². The summed E-state index contributed by atoms with van der Waals surface area (Å²) in [6, 6.07) is 15.5. The predicted molar refractivity (Wildman–Crippen MR) is 109 cm³/mol. The second-order valence-corrected chi connectivity index (χ2v) is 6.21. The fraction of sp³-hybridized carbons (Fsp3) is 0.261. The molecule has 0 unspecified atom stereocenters. The first-order chi connectivity index (χ1) is 13.2. The number of piperidine rings is 1. The van der Waals surface area contributed by atoms with Gasteiger partial charge in [0.15, 0.2) is 5.78 Å². The van der Waals surface area contributed by atoms with Gasteiger partial charge in [0.05, 0.1) is 13.2 Å². The Balaban J connectivity index is 1.91. The molecule has 27 heavy (non-hydrogen) atoms. The van der Waals surface area contributed by atoms with Gasteiger partial charge in [-0.1, -0.05) is 36.4 Å². The van der Waals surface area contributed by atoms with Crippen LogP contribution in [-0.2, 0) is 4.79 Å². The molecular weight excluding hydrogens is 338 g/mol. The van der Waals surface area contributed by atoms with Crippen LogP contribution in [0.4, 0.5) is 0 Å². The van der Waals surface area contributed by atoms with Gasteiger partial charge in [-0.05, 0) is 38.1 Å². The summed E-state index contributed by atoms with van der Waals surface area (Å²) < 4.78 is 11.3. The third-order valence-corrected chi connectivity index (χ3v) is 4.31. The van der Waals surface area contributed by atoms with Crippen LogP contribution in [0.15, 0.2) is 59.7 Å². The lowest BCUT2D eigenvalue weighted by molar-refractivity contribution is -0.112. The Hall–Kier alpha value is -2.85. The van der Waals surface area contributed by atoms with Crippen LogP contribution in [0.2, 0.25) is 0 Å². The quantitative estimate of drug-likeness (QED) is 0.784. The molecule has 0 atom stereocenters. The lowest BCUT2D eigenvalue weighted by Gasteiger charge is -2.19. The molecule has 0 spiro atoms. The number of ether oxygens (including phenoxy) is 2. The molecule has 1 aliphatic rings. The van der Waals surface area contributed by atoms with Crippen LogP contribution in [0.3, 0.4) is 0 Å². The summed E-state index contributed by atoms with van der Waals surface area (Å²) in [5.74, 6) is 1.64. The molecule has 1 aliphatic heterocycles. The van der Waals surface area contributed by atoms with Gasteiger partial charge in [0.1, 0.15) is 11.5 Å². The zero-order valence-electron chi connectivity index (χ0n) is 15.8. The van der Waals surface area contributed by atoms with Gasteiger partial charge in [-0.3, -0.25) is 4.79 Å². The van der Waals surface area contributed by atoms with Crippen molar-refractivity contribution in [3.63, 3.8) is 0 Å². The second-order valence-electron chi connectivity index (χ2n) is 6.21. The Bertz CT molecular complexity index is 798. The van der Waals surface area contributed by atoms with E-state index in [-0.39, 0.29) is 5.78 Å². The van der Waals surface area contributed by atoms with Crippen molar-refractivity contribution in [2.24, 2.45) is 0 Å². The van der Waals surface area contributed by atoms with Crippen molar-refractivity contribution in [1.29, 1.82) is 0 Å². The minimum Gasteiger partial charge on any atom is -0.493 e. The molecule has 4 nitrogen and oxygen atoms in total. The van der Waals surface area contributed by atoms with E-state index in [1.165, 1.54) is 0 Å². The number of Topliss-reactive ketones (excluding diaryl/α,β-unsaturated/α-hetero) is 1. The highest BCUT2D eigenvalue weighted by Crippen LogP contribution is 2.25. The Morgan fingerprint density at radius 2 is 1.26 bits per heavy atom. The third kappa shape index (κ3) is 4.66. The number of benzene rings is 2. The molecule has 1 heterocycles.